The van der Waals surface area contributed by atoms with Gasteiger partial charge in [-0.2, -0.15) is 0 Å². The van der Waals surface area contributed by atoms with E-state index in [0.29, 0.717) is 6.42 Å². The number of urea groups is 1. The first-order chi connectivity index (χ1) is 9.34. The molecule has 1 aliphatic heterocycles. The third-order valence-electron chi connectivity index (χ3n) is 3.61. The minimum absolute atomic E-state index is 0.0670. The molecule has 116 valence electrons. The Balaban J connectivity index is 2.37. The summed E-state index contributed by atoms with van der Waals surface area (Å²) in [7, 11) is 0. The number of nitrogens with zero attached hydrogens (tertiary/aromatic N) is 2. The van der Waals surface area contributed by atoms with E-state index < -0.39 is 11.5 Å². The molecular weight excluding hydrogens is 258 g/mol. The predicted octanol–water partition coefficient (Wildman–Crippen LogP) is 1.37. The lowest BCUT2D eigenvalue weighted by Crippen LogP contribution is -2.55. The molecule has 2 amide bonds. The van der Waals surface area contributed by atoms with Gasteiger partial charge in [-0.15, -0.1) is 0 Å². The van der Waals surface area contributed by atoms with E-state index in [2.05, 4.69) is 17.1 Å². The average molecular weight is 285 g/mol. The van der Waals surface area contributed by atoms with Crippen molar-refractivity contribution in [3.8, 4) is 0 Å². The third-order valence-corrected chi connectivity index (χ3v) is 3.61. The van der Waals surface area contributed by atoms with Crippen LogP contribution in [0.1, 0.15) is 40.0 Å². The lowest BCUT2D eigenvalue weighted by Gasteiger charge is -2.37. The number of carboxylic acid groups (broad SMARTS) is 1. The second-order valence-electron chi connectivity index (χ2n) is 6.04. The Bertz CT molecular complexity index is 337. The van der Waals surface area contributed by atoms with Crippen LogP contribution in [0.15, 0.2) is 0 Å². The largest absolute Gasteiger partial charge is 0.481 e. The molecule has 20 heavy (non-hydrogen) atoms. The minimum Gasteiger partial charge on any atom is -0.481 e. The fourth-order valence-electron chi connectivity index (χ4n) is 2.34. The van der Waals surface area contributed by atoms with Crippen molar-refractivity contribution in [1.82, 2.24) is 15.1 Å². The van der Waals surface area contributed by atoms with Gasteiger partial charge in [0, 0.05) is 38.1 Å². The first kappa shape index (κ1) is 16.8. The molecule has 0 aromatic rings. The van der Waals surface area contributed by atoms with Crippen molar-refractivity contribution < 1.29 is 14.7 Å². The molecule has 1 saturated heterocycles. The summed E-state index contributed by atoms with van der Waals surface area (Å²) in [5, 5.41) is 11.6. The van der Waals surface area contributed by atoms with Gasteiger partial charge < -0.3 is 15.3 Å². The lowest BCUT2D eigenvalue weighted by molar-refractivity contribution is -0.137. The summed E-state index contributed by atoms with van der Waals surface area (Å²) in [4.78, 5) is 26.9. The van der Waals surface area contributed by atoms with Gasteiger partial charge in [0.2, 0.25) is 0 Å². The number of rotatable bonds is 6. The van der Waals surface area contributed by atoms with Crippen LogP contribution < -0.4 is 5.32 Å². The standard InChI is InChI=1S/C14H27N3O3/c1-4-7-16-8-10-17(11-9-16)13(20)15-14(2,3)6-5-12(18)19/h4-11H2,1-3H3,(H,15,20)(H,18,19). The molecule has 0 saturated carbocycles. The summed E-state index contributed by atoms with van der Waals surface area (Å²) in [6.07, 6.45) is 1.63. The van der Waals surface area contributed by atoms with Crippen molar-refractivity contribution in [1.29, 1.82) is 0 Å². The molecule has 0 unspecified atom stereocenters. The number of piperazine rings is 1. The van der Waals surface area contributed by atoms with Gasteiger partial charge >= 0.3 is 12.0 Å². The van der Waals surface area contributed by atoms with E-state index in [9.17, 15) is 9.59 Å². The lowest BCUT2D eigenvalue weighted by atomic mass is 9.99. The van der Waals surface area contributed by atoms with Crippen LogP contribution in [0.4, 0.5) is 4.79 Å². The van der Waals surface area contributed by atoms with Crippen LogP contribution in [0.25, 0.3) is 0 Å². The molecule has 0 aliphatic carbocycles. The summed E-state index contributed by atoms with van der Waals surface area (Å²) in [6.45, 7) is 10.3. The smallest absolute Gasteiger partial charge is 0.317 e. The van der Waals surface area contributed by atoms with E-state index in [4.69, 9.17) is 5.11 Å². The monoisotopic (exact) mass is 285 g/mol. The van der Waals surface area contributed by atoms with Crippen LogP contribution in [0.5, 0.6) is 0 Å². The van der Waals surface area contributed by atoms with Crippen LogP contribution in [0, 0.1) is 0 Å². The zero-order valence-corrected chi connectivity index (χ0v) is 12.8. The topological polar surface area (TPSA) is 72.9 Å². The normalized spacial score (nSPS) is 17.1. The average Bonchev–Trinajstić information content (AvgIpc) is 2.37. The van der Waals surface area contributed by atoms with E-state index in [0.717, 1.165) is 39.1 Å². The van der Waals surface area contributed by atoms with Crippen LogP contribution in [-0.4, -0.2) is 65.2 Å². The first-order valence-corrected chi connectivity index (χ1v) is 7.35. The van der Waals surface area contributed by atoms with E-state index >= 15 is 0 Å². The van der Waals surface area contributed by atoms with Gasteiger partial charge in [0.15, 0.2) is 0 Å². The van der Waals surface area contributed by atoms with Crippen molar-refractivity contribution in [3.63, 3.8) is 0 Å². The molecule has 6 nitrogen and oxygen atoms in total. The van der Waals surface area contributed by atoms with Crippen molar-refractivity contribution in [3.05, 3.63) is 0 Å². The second kappa shape index (κ2) is 7.47. The number of nitrogens with one attached hydrogen (secondary N) is 1. The Kier molecular flexibility index (Phi) is 6.26. The molecular formula is C14H27N3O3. The van der Waals surface area contributed by atoms with Crippen LogP contribution in [0.3, 0.4) is 0 Å². The van der Waals surface area contributed by atoms with E-state index in [1.54, 1.807) is 0 Å². The second-order valence-corrected chi connectivity index (χ2v) is 6.04. The quantitative estimate of drug-likeness (QED) is 0.773. The zero-order valence-electron chi connectivity index (χ0n) is 12.8. The number of carboxylic acids is 1. The Morgan fingerprint density at radius 3 is 2.30 bits per heavy atom. The van der Waals surface area contributed by atoms with Crippen molar-refractivity contribution >= 4 is 12.0 Å². The van der Waals surface area contributed by atoms with E-state index in [-0.39, 0.29) is 12.5 Å². The Morgan fingerprint density at radius 2 is 1.80 bits per heavy atom. The maximum Gasteiger partial charge on any atom is 0.317 e. The van der Waals surface area contributed by atoms with E-state index in [1.165, 1.54) is 0 Å². The van der Waals surface area contributed by atoms with Gasteiger partial charge in [-0.05, 0) is 33.2 Å². The van der Waals surface area contributed by atoms with E-state index in [1.807, 2.05) is 18.7 Å². The molecule has 0 radical (unpaired) electrons. The summed E-state index contributed by atoms with van der Waals surface area (Å²) < 4.78 is 0. The number of aliphatic carboxylic acids is 1. The highest BCUT2D eigenvalue weighted by molar-refractivity contribution is 5.75. The number of carbonyl (C=O) groups is 2. The molecule has 0 atom stereocenters. The maximum atomic E-state index is 12.2. The third kappa shape index (κ3) is 5.77. The van der Waals surface area contributed by atoms with Crippen LogP contribution >= 0.6 is 0 Å². The van der Waals surface area contributed by atoms with Crippen LogP contribution in [-0.2, 0) is 4.79 Å². The SMILES string of the molecule is CCCN1CCN(C(=O)NC(C)(C)CCC(=O)O)CC1. The molecule has 1 fully saturated rings. The summed E-state index contributed by atoms with van der Waals surface area (Å²) in [5.41, 5.74) is -0.490. The summed E-state index contributed by atoms with van der Waals surface area (Å²) in [5.74, 6) is -0.833. The fourth-order valence-corrected chi connectivity index (χ4v) is 2.34. The Morgan fingerprint density at radius 1 is 1.20 bits per heavy atom. The predicted molar refractivity (Wildman–Crippen MR) is 77.8 cm³/mol. The van der Waals surface area contributed by atoms with Gasteiger partial charge in [-0.25, -0.2) is 4.79 Å². The fraction of sp³-hybridized carbons (Fsp3) is 0.857. The molecule has 0 spiro atoms. The van der Waals surface area contributed by atoms with Crippen molar-refractivity contribution in [2.75, 3.05) is 32.7 Å². The van der Waals surface area contributed by atoms with Crippen LogP contribution in [0.2, 0.25) is 0 Å². The summed E-state index contributed by atoms with van der Waals surface area (Å²) >= 11 is 0. The molecule has 2 N–H and O–H groups in total. The van der Waals surface area contributed by atoms with Gasteiger partial charge in [0.25, 0.3) is 0 Å². The number of amides is 2. The number of carbonyl (C=O) groups excluding carboxylic acids is 1. The summed E-state index contributed by atoms with van der Waals surface area (Å²) in [6, 6.07) is -0.0865. The molecule has 0 aromatic heterocycles. The Hall–Kier alpha value is -1.30. The molecule has 1 heterocycles. The van der Waals surface area contributed by atoms with Gasteiger partial charge in [0.05, 0.1) is 0 Å². The maximum absolute atomic E-state index is 12.2. The van der Waals surface area contributed by atoms with Gasteiger partial charge in [0.1, 0.15) is 0 Å². The first-order valence-electron chi connectivity index (χ1n) is 7.35. The highest BCUT2D eigenvalue weighted by Gasteiger charge is 2.26. The highest BCUT2D eigenvalue weighted by atomic mass is 16.4. The zero-order chi connectivity index (χ0) is 15.2. The molecule has 6 heteroatoms. The Labute approximate surface area is 121 Å². The number of hydrogen-bond acceptors (Lipinski definition) is 3. The molecule has 1 rings (SSSR count). The van der Waals surface area contributed by atoms with Gasteiger partial charge in [-0.1, -0.05) is 6.92 Å². The molecule has 1 aliphatic rings. The van der Waals surface area contributed by atoms with Crippen molar-refractivity contribution in [2.45, 2.75) is 45.6 Å². The van der Waals surface area contributed by atoms with Crippen molar-refractivity contribution in [2.24, 2.45) is 0 Å². The van der Waals surface area contributed by atoms with Gasteiger partial charge in [-0.3, -0.25) is 9.69 Å². The number of hydrogen-bond donors (Lipinski definition) is 2. The molecule has 0 aromatic carbocycles. The highest BCUT2D eigenvalue weighted by Crippen LogP contribution is 2.12. The minimum atomic E-state index is -0.833. The molecule has 0 bridgehead atoms.